The molecule has 0 radical (unpaired) electrons. The van der Waals surface area contributed by atoms with Crippen molar-refractivity contribution in [2.45, 2.75) is 27.7 Å². The number of thioether (sulfide) groups is 1. The number of benzene rings is 1. The van der Waals surface area contributed by atoms with E-state index in [2.05, 4.69) is 70.4 Å². The van der Waals surface area contributed by atoms with Crippen LogP contribution in [0.4, 0.5) is 0 Å². The summed E-state index contributed by atoms with van der Waals surface area (Å²) < 4.78 is 0. The van der Waals surface area contributed by atoms with E-state index in [1.54, 1.807) is 11.8 Å². The fourth-order valence-corrected chi connectivity index (χ4v) is 2.39. The Kier molecular flexibility index (Phi) is 5.57. The van der Waals surface area contributed by atoms with E-state index in [-0.39, 0.29) is 0 Å². The van der Waals surface area contributed by atoms with Crippen molar-refractivity contribution in [3.63, 3.8) is 0 Å². The molecule has 0 unspecified atom stereocenters. The van der Waals surface area contributed by atoms with Gasteiger partial charge < -0.3 is 0 Å². The summed E-state index contributed by atoms with van der Waals surface area (Å²) in [5.74, 6) is 0.605. The maximum atomic E-state index is 2.24. The van der Waals surface area contributed by atoms with E-state index < -0.39 is 0 Å². The van der Waals surface area contributed by atoms with Gasteiger partial charge in [0, 0.05) is 4.91 Å². The van der Waals surface area contributed by atoms with Crippen LogP contribution in [0, 0.1) is 19.8 Å². The zero-order valence-corrected chi connectivity index (χ0v) is 12.3. The van der Waals surface area contributed by atoms with Crippen molar-refractivity contribution >= 4 is 16.7 Å². The Hall–Kier alpha value is -0.950. The van der Waals surface area contributed by atoms with Gasteiger partial charge in [-0.25, -0.2) is 0 Å². The molecule has 1 heteroatoms. The average Bonchev–Trinajstić information content (AvgIpc) is 2.25. The fourth-order valence-electron chi connectivity index (χ4n) is 1.72. The van der Waals surface area contributed by atoms with Crippen LogP contribution in [-0.4, -0.2) is 6.26 Å². The van der Waals surface area contributed by atoms with Gasteiger partial charge in [0.25, 0.3) is 0 Å². The molecule has 17 heavy (non-hydrogen) atoms. The third kappa shape index (κ3) is 4.43. The topological polar surface area (TPSA) is 0 Å². The van der Waals surface area contributed by atoms with Crippen molar-refractivity contribution in [2.75, 3.05) is 6.26 Å². The molecular weight excluding hydrogens is 224 g/mol. The summed E-state index contributed by atoms with van der Waals surface area (Å²) in [5, 5.41) is 0. The summed E-state index contributed by atoms with van der Waals surface area (Å²) in [6, 6.07) is 6.64. The van der Waals surface area contributed by atoms with Crippen LogP contribution in [0.1, 0.15) is 30.5 Å². The van der Waals surface area contributed by atoms with Gasteiger partial charge in [-0.15, -0.1) is 11.8 Å². The molecule has 0 heterocycles. The molecule has 0 N–H and O–H groups in total. The Bertz CT molecular complexity index is 425. The highest BCUT2D eigenvalue weighted by atomic mass is 32.2. The summed E-state index contributed by atoms with van der Waals surface area (Å²) in [6.45, 7) is 8.71. The molecule has 0 atom stereocenters. The van der Waals surface area contributed by atoms with Gasteiger partial charge in [0.1, 0.15) is 0 Å². The largest absolute Gasteiger partial charge is 0.129 e. The zero-order chi connectivity index (χ0) is 12.8. The SMILES string of the molecule is CS/C(=C\C=C\C(C)C)c1ccc(C)cc1C. The number of hydrogen-bond acceptors (Lipinski definition) is 1. The first-order chi connectivity index (χ1) is 8.04. The molecule has 0 nitrogen and oxygen atoms in total. The van der Waals surface area contributed by atoms with E-state index in [9.17, 15) is 0 Å². The van der Waals surface area contributed by atoms with E-state index in [0.29, 0.717) is 5.92 Å². The van der Waals surface area contributed by atoms with Crippen LogP contribution in [0.5, 0.6) is 0 Å². The van der Waals surface area contributed by atoms with E-state index in [4.69, 9.17) is 0 Å². The van der Waals surface area contributed by atoms with Crippen LogP contribution in [0.3, 0.4) is 0 Å². The normalized spacial score (nSPS) is 12.7. The quantitative estimate of drug-likeness (QED) is 0.656. The van der Waals surface area contributed by atoms with Crippen molar-refractivity contribution in [1.29, 1.82) is 0 Å². The summed E-state index contributed by atoms with van der Waals surface area (Å²) in [4.78, 5) is 1.33. The lowest BCUT2D eigenvalue weighted by Crippen LogP contribution is -1.87. The predicted octanol–water partition coefficient (Wildman–Crippen LogP) is 5.22. The first-order valence-corrected chi connectivity index (χ1v) is 7.27. The first-order valence-electron chi connectivity index (χ1n) is 6.04. The van der Waals surface area contributed by atoms with Gasteiger partial charge in [-0.2, -0.15) is 0 Å². The summed E-state index contributed by atoms with van der Waals surface area (Å²) in [5.41, 5.74) is 4.02. The number of rotatable bonds is 4. The summed E-state index contributed by atoms with van der Waals surface area (Å²) >= 11 is 1.80. The lowest BCUT2D eigenvalue weighted by molar-refractivity contribution is 0.832. The lowest BCUT2D eigenvalue weighted by atomic mass is 10.0. The molecular formula is C16H22S. The van der Waals surface area contributed by atoms with Gasteiger partial charge in [-0.1, -0.05) is 49.8 Å². The third-order valence-electron chi connectivity index (χ3n) is 2.61. The van der Waals surface area contributed by atoms with Crippen molar-refractivity contribution < 1.29 is 0 Å². The fraction of sp³-hybridized carbons (Fsp3) is 0.375. The van der Waals surface area contributed by atoms with Crippen LogP contribution < -0.4 is 0 Å². The third-order valence-corrected chi connectivity index (χ3v) is 3.41. The van der Waals surface area contributed by atoms with E-state index >= 15 is 0 Å². The van der Waals surface area contributed by atoms with Gasteiger partial charge in [-0.3, -0.25) is 0 Å². The Morgan fingerprint density at radius 3 is 2.47 bits per heavy atom. The highest BCUT2D eigenvalue weighted by molar-refractivity contribution is 8.07. The predicted molar refractivity (Wildman–Crippen MR) is 81.4 cm³/mol. The molecule has 1 aromatic rings. The molecule has 0 saturated carbocycles. The monoisotopic (exact) mass is 246 g/mol. The highest BCUT2D eigenvalue weighted by Gasteiger charge is 2.03. The molecule has 0 aliphatic rings. The lowest BCUT2D eigenvalue weighted by Gasteiger charge is -2.08. The second-order valence-corrected chi connectivity index (χ2v) is 5.53. The standard InChI is InChI=1S/C16H22S/c1-12(2)7-6-8-16(17-5)15-10-9-13(3)11-14(15)4/h6-12H,1-5H3/b7-6+,16-8-. The minimum absolute atomic E-state index is 0.605. The number of aryl methyl sites for hydroxylation is 2. The Morgan fingerprint density at radius 1 is 1.24 bits per heavy atom. The molecule has 0 bridgehead atoms. The van der Waals surface area contributed by atoms with Crippen LogP contribution in [0.25, 0.3) is 4.91 Å². The Labute approximate surface area is 110 Å². The second kappa shape index (κ2) is 6.70. The van der Waals surface area contributed by atoms with E-state index in [1.807, 2.05) is 0 Å². The molecule has 0 saturated heterocycles. The van der Waals surface area contributed by atoms with Gasteiger partial charge in [0.05, 0.1) is 0 Å². The smallest absolute Gasteiger partial charge is 0.0144 e. The van der Waals surface area contributed by atoms with Crippen LogP contribution in [-0.2, 0) is 0 Å². The minimum atomic E-state index is 0.605. The van der Waals surface area contributed by atoms with Crippen molar-refractivity contribution in [1.82, 2.24) is 0 Å². The molecule has 0 fully saturated rings. The molecule has 1 rings (SSSR count). The van der Waals surface area contributed by atoms with Gasteiger partial charge >= 0.3 is 0 Å². The zero-order valence-electron chi connectivity index (χ0n) is 11.4. The maximum Gasteiger partial charge on any atom is 0.0144 e. The summed E-state index contributed by atoms with van der Waals surface area (Å²) in [7, 11) is 0. The second-order valence-electron chi connectivity index (χ2n) is 4.68. The number of hydrogen-bond donors (Lipinski definition) is 0. The Morgan fingerprint density at radius 2 is 1.94 bits per heavy atom. The van der Waals surface area contributed by atoms with Crippen LogP contribution >= 0.6 is 11.8 Å². The van der Waals surface area contributed by atoms with Crippen LogP contribution in [0.2, 0.25) is 0 Å². The molecule has 92 valence electrons. The minimum Gasteiger partial charge on any atom is -0.129 e. The van der Waals surface area contributed by atoms with Gasteiger partial charge in [0.15, 0.2) is 0 Å². The van der Waals surface area contributed by atoms with Gasteiger partial charge in [0.2, 0.25) is 0 Å². The Balaban J connectivity index is 3.01. The van der Waals surface area contributed by atoms with Gasteiger partial charge in [-0.05, 0) is 43.2 Å². The van der Waals surface area contributed by atoms with E-state index in [0.717, 1.165) is 0 Å². The molecule has 0 spiro atoms. The maximum absolute atomic E-state index is 2.24. The number of allylic oxidation sites excluding steroid dienone is 3. The molecule has 0 aliphatic carbocycles. The summed E-state index contributed by atoms with van der Waals surface area (Å²) in [6.07, 6.45) is 8.73. The van der Waals surface area contributed by atoms with Crippen molar-refractivity contribution in [2.24, 2.45) is 5.92 Å². The van der Waals surface area contributed by atoms with Crippen molar-refractivity contribution in [3.8, 4) is 0 Å². The first kappa shape index (κ1) is 14.1. The van der Waals surface area contributed by atoms with Crippen LogP contribution in [0.15, 0.2) is 36.4 Å². The molecule has 0 aliphatic heterocycles. The molecule has 0 aromatic heterocycles. The molecule has 0 amide bonds. The highest BCUT2D eigenvalue weighted by Crippen LogP contribution is 2.28. The van der Waals surface area contributed by atoms with E-state index in [1.165, 1.54) is 21.6 Å². The average molecular weight is 246 g/mol. The van der Waals surface area contributed by atoms with Crippen molar-refractivity contribution in [3.05, 3.63) is 53.1 Å². The molecule has 1 aromatic carbocycles.